The van der Waals surface area contributed by atoms with Gasteiger partial charge in [0.1, 0.15) is 6.54 Å². The lowest BCUT2D eigenvalue weighted by atomic mass is 10.1. The smallest absolute Gasteiger partial charge is 0.325 e. The van der Waals surface area contributed by atoms with Crippen LogP contribution in [0.25, 0.3) is 0 Å². The van der Waals surface area contributed by atoms with E-state index in [4.69, 9.17) is 4.74 Å². The van der Waals surface area contributed by atoms with Gasteiger partial charge in [-0.1, -0.05) is 18.2 Å². The molecule has 8 heteroatoms. The number of nitrogens with one attached hydrogen (secondary N) is 3. The molecule has 4 amide bonds. The normalized spacial score (nSPS) is 10.6. The fourth-order valence-corrected chi connectivity index (χ4v) is 1.81. The molecule has 0 radical (unpaired) electrons. The largest absolute Gasteiger partial charge is 0.454 e. The molecule has 25 heavy (non-hydrogen) atoms. The number of ether oxygens (including phenoxy) is 1. The molecule has 0 saturated carbocycles. The predicted molar refractivity (Wildman–Crippen MR) is 90.9 cm³/mol. The summed E-state index contributed by atoms with van der Waals surface area (Å²) < 4.78 is 4.71. The summed E-state index contributed by atoms with van der Waals surface area (Å²) in [4.78, 5) is 46.5. The molecule has 1 aromatic carbocycles. The van der Waals surface area contributed by atoms with Crippen molar-refractivity contribution in [3.63, 3.8) is 0 Å². The number of rotatable bonds is 5. The molecule has 0 aromatic heterocycles. The van der Waals surface area contributed by atoms with Crippen molar-refractivity contribution >= 4 is 23.8 Å². The first-order valence-corrected chi connectivity index (χ1v) is 7.70. The van der Waals surface area contributed by atoms with Gasteiger partial charge in [0.2, 0.25) is 0 Å². The molecule has 0 fully saturated rings. The summed E-state index contributed by atoms with van der Waals surface area (Å²) in [6.45, 7) is 6.06. The molecule has 8 nitrogen and oxygen atoms in total. The molecule has 0 aliphatic carbocycles. The number of hydrogen-bond donors (Lipinski definition) is 3. The van der Waals surface area contributed by atoms with Crippen molar-refractivity contribution in [2.75, 3.05) is 13.2 Å². The zero-order chi connectivity index (χ0) is 19.0. The van der Waals surface area contributed by atoms with Crippen LogP contribution < -0.4 is 16.0 Å². The van der Waals surface area contributed by atoms with Gasteiger partial charge in [-0.3, -0.25) is 19.7 Å². The van der Waals surface area contributed by atoms with Gasteiger partial charge in [0, 0.05) is 11.1 Å². The van der Waals surface area contributed by atoms with Crippen LogP contribution >= 0.6 is 0 Å². The molecular weight excluding hydrogens is 326 g/mol. The highest BCUT2D eigenvalue weighted by Crippen LogP contribution is 2.06. The van der Waals surface area contributed by atoms with Crippen LogP contribution in [0.2, 0.25) is 0 Å². The molecule has 0 aliphatic heterocycles. The number of urea groups is 1. The Morgan fingerprint density at radius 3 is 2.32 bits per heavy atom. The number of hydrogen-bond acceptors (Lipinski definition) is 5. The molecule has 1 aromatic rings. The minimum Gasteiger partial charge on any atom is -0.454 e. The molecule has 0 atom stereocenters. The van der Waals surface area contributed by atoms with E-state index in [-0.39, 0.29) is 6.54 Å². The van der Waals surface area contributed by atoms with Gasteiger partial charge in [-0.15, -0.1) is 0 Å². The predicted octanol–water partition coefficient (Wildman–Crippen LogP) is 0.892. The van der Waals surface area contributed by atoms with E-state index in [2.05, 4.69) is 10.6 Å². The third-order valence-electron chi connectivity index (χ3n) is 2.89. The second-order valence-electron chi connectivity index (χ2n) is 6.41. The van der Waals surface area contributed by atoms with Crippen LogP contribution in [0, 0.1) is 6.92 Å². The van der Waals surface area contributed by atoms with Gasteiger partial charge in [-0.05, 0) is 39.3 Å². The molecule has 0 saturated heterocycles. The lowest BCUT2D eigenvalue weighted by Crippen LogP contribution is -2.49. The number of carbonyl (C=O) groups is 4. The Labute approximate surface area is 146 Å². The Hall–Kier alpha value is -2.90. The Morgan fingerprint density at radius 1 is 1.08 bits per heavy atom. The SMILES string of the molecule is Cc1ccccc1C(=O)NCC(=O)OCC(=O)NC(=O)NC(C)(C)C. The minimum atomic E-state index is -0.784. The molecule has 0 aliphatic rings. The summed E-state index contributed by atoms with van der Waals surface area (Å²) >= 11 is 0. The summed E-state index contributed by atoms with van der Waals surface area (Å²) in [5, 5.41) is 6.98. The fraction of sp³-hybridized carbons (Fsp3) is 0.412. The van der Waals surface area contributed by atoms with Crippen LogP contribution in [0.1, 0.15) is 36.7 Å². The van der Waals surface area contributed by atoms with Gasteiger partial charge in [0.15, 0.2) is 6.61 Å². The van der Waals surface area contributed by atoms with Gasteiger partial charge < -0.3 is 15.4 Å². The van der Waals surface area contributed by atoms with Crippen molar-refractivity contribution in [1.82, 2.24) is 16.0 Å². The van der Waals surface area contributed by atoms with E-state index >= 15 is 0 Å². The minimum absolute atomic E-state index is 0.380. The van der Waals surface area contributed by atoms with Gasteiger partial charge >= 0.3 is 12.0 Å². The zero-order valence-electron chi connectivity index (χ0n) is 14.8. The zero-order valence-corrected chi connectivity index (χ0v) is 14.8. The summed E-state index contributed by atoms with van der Waals surface area (Å²) in [7, 11) is 0. The van der Waals surface area contributed by atoms with Crippen molar-refractivity contribution < 1.29 is 23.9 Å². The third kappa shape index (κ3) is 7.96. The highest BCUT2D eigenvalue weighted by atomic mass is 16.5. The number of amides is 4. The van der Waals surface area contributed by atoms with Crippen LogP contribution in [0.3, 0.4) is 0 Å². The number of imide groups is 1. The first-order valence-electron chi connectivity index (χ1n) is 7.70. The second kappa shape index (κ2) is 8.81. The number of aryl methyl sites for hydroxylation is 1. The van der Waals surface area contributed by atoms with E-state index < -0.39 is 36.0 Å². The maximum atomic E-state index is 11.9. The van der Waals surface area contributed by atoms with E-state index in [9.17, 15) is 19.2 Å². The van der Waals surface area contributed by atoms with E-state index in [1.807, 2.05) is 5.32 Å². The second-order valence-corrected chi connectivity index (χ2v) is 6.41. The summed E-state index contributed by atoms with van der Waals surface area (Å²) in [6, 6.07) is 6.25. The summed E-state index contributed by atoms with van der Waals surface area (Å²) in [5.74, 6) is -1.96. The van der Waals surface area contributed by atoms with Crippen LogP contribution in [0.5, 0.6) is 0 Å². The molecule has 0 spiro atoms. The first-order chi connectivity index (χ1) is 11.6. The monoisotopic (exact) mass is 349 g/mol. The Kier molecular flexibility index (Phi) is 7.10. The Balaban J connectivity index is 2.33. The molecular formula is C17H23N3O5. The highest BCUT2D eigenvalue weighted by molar-refractivity contribution is 5.98. The molecule has 136 valence electrons. The van der Waals surface area contributed by atoms with Crippen LogP contribution in [0.4, 0.5) is 4.79 Å². The summed E-state index contributed by atoms with van der Waals surface area (Å²) in [5.41, 5.74) is 0.727. The molecule has 1 rings (SSSR count). The van der Waals surface area contributed by atoms with Gasteiger partial charge in [0.05, 0.1) is 0 Å². The van der Waals surface area contributed by atoms with Crippen molar-refractivity contribution in [1.29, 1.82) is 0 Å². The van der Waals surface area contributed by atoms with Crippen LogP contribution in [-0.4, -0.2) is 42.5 Å². The molecule has 0 bridgehead atoms. The van der Waals surface area contributed by atoms with E-state index in [1.165, 1.54) is 0 Å². The van der Waals surface area contributed by atoms with Crippen LogP contribution in [0.15, 0.2) is 24.3 Å². The standard InChI is InChI=1S/C17H23N3O5/c1-11-7-5-6-8-12(11)15(23)18-9-14(22)25-10-13(21)19-16(24)20-17(2,3)4/h5-8H,9-10H2,1-4H3,(H,18,23)(H2,19,20,21,24). The molecule has 3 N–H and O–H groups in total. The van der Waals surface area contributed by atoms with Crippen molar-refractivity contribution in [2.45, 2.75) is 33.2 Å². The highest BCUT2D eigenvalue weighted by Gasteiger charge is 2.17. The van der Waals surface area contributed by atoms with Gasteiger partial charge in [0.25, 0.3) is 11.8 Å². The first kappa shape index (κ1) is 20.1. The average molecular weight is 349 g/mol. The van der Waals surface area contributed by atoms with Crippen molar-refractivity contribution in [3.05, 3.63) is 35.4 Å². The van der Waals surface area contributed by atoms with Crippen molar-refractivity contribution in [2.24, 2.45) is 0 Å². The summed E-state index contributed by atoms with van der Waals surface area (Å²) in [6.07, 6.45) is 0. The average Bonchev–Trinajstić information content (AvgIpc) is 2.49. The third-order valence-corrected chi connectivity index (χ3v) is 2.89. The molecule has 0 unspecified atom stereocenters. The van der Waals surface area contributed by atoms with Gasteiger partial charge in [-0.25, -0.2) is 4.79 Å². The van der Waals surface area contributed by atoms with E-state index in [0.29, 0.717) is 5.56 Å². The Morgan fingerprint density at radius 2 is 1.72 bits per heavy atom. The number of carbonyl (C=O) groups excluding carboxylic acids is 4. The maximum absolute atomic E-state index is 11.9. The van der Waals surface area contributed by atoms with Crippen molar-refractivity contribution in [3.8, 4) is 0 Å². The van der Waals surface area contributed by atoms with Gasteiger partial charge in [-0.2, -0.15) is 0 Å². The lowest BCUT2D eigenvalue weighted by Gasteiger charge is -2.20. The number of esters is 1. The molecule has 0 heterocycles. The van der Waals surface area contributed by atoms with Crippen LogP contribution in [-0.2, 0) is 14.3 Å². The van der Waals surface area contributed by atoms with E-state index in [1.54, 1.807) is 52.0 Å². The Bertz CT molecular complexity index is 664. The fourth-order valence-electron chi connectivity index (χ4n) is 1.81. The van der Waals surface area contributed by atoms with E-state index in [0.717, 1.165) is 5.56 Å². The maximum Gasteiger partial charge on any atom is 0.325 e. The quantitative estimate of drug-likeness (QED) is 0.683. The number of benzene rings is 1. The lowest BCUT2D eigenvalue weighted by molar-refractivity contribution is -0.147. The topological polar surface area (TPSA) is 114 Å².